The smallest absolute Gasteiger partial charge is 0.309 e. The standard InChI is InChI=1S/C8H13F3O2/c1-3-6(2)7(12)13-5-8(10,11)4-9/h6H,3-5H2,1-2H3. The molecule has 0 aliphatic heterocycles. The third-order valence-corrected chi connectivity index (χ3v) is 1.64. The van der Waals surface area contributed by atoms with Crippen LogP contribution in [-0.2, 0) is 9.53 Å². The molecule has 2 nitrogen and oxygen atoms in total. The zero-order chi connectivity index (χ0) is 10.5. The number of halogens is 3. The van der Waals surface area contributed by atoms with Gasteiger partial charge in [-0.25, -0.2) is 4.39 Å². The summed E-state index contributed by atoms with van der Waals surface area (Å²) in [5, 5.41) is 0. The van der Waals surface area contributed by atoms with E-state index in [4.69, 9.17) is 0 Å². The molecule has 0 heterocycles. The van der Waals surface area contributed by atoms with Crippen LogP contribution in [0.5, 0.6) is 0 Å². The molecule has 0 aromatic heterocycles. The molecule has 1 unspecified atom stereocenters. The summed E-state index contributed by atoms with van der Waals surface area (Å²) in [6.07, 6.45) is 0.514. The van der Waals surface area contributed by atoms with Gasteiger partial charge in [-0.2, -0.15) is 8.78 Å². The zero-order valence-corrected chi connectivity index (χ0v) is 7.65. The minimum atomic E-state index is -3.55. The molecule has 0 aromatic carbocycles. The van der Waals surface area contributed by atoms with Crippen LogP contribution in [-0.4, -0.2) is 25.2 Å². The fourth-order valence-corrected chi connectivity index (χ4v) is 0.524. The lowest BCUT2D eigenvalue weighted by atomic mass is 10.1. The molecule has 0 radical (unpaired) electrons. The number of alkyl halides is 3. The first-order chi connectivity index (χ1) is 5.93. The number of rotatable bonds is 5. The van der Waals surface area contributed by atoms with E-state index in [9.17, 15) is 18.0 Å². The topological polar surface area (TPSA) is 26.3 Å². The number of carbonyl (C=O) groups is 1. The van der Waals surface area contributed by atoms with Crippen LogP contribution in [0, 0.1) is 5.92 Å². The van der Waals surface area contributed by atoms with Crippen LogP contribution >= 0.6 is 0 Å². The van der Waals surface area contributed by atoms with E-state index < -0.39 is 31.1 Å². The SMILES string of the molecule is CCC(C)C(=O)OCC(F)(F)CF. The van der Waals surface area contributed by atoms with Crippen LogP contribution in [0.25, 0.3) is 0 Å². The van der Waals surface area contributed by atoms with Crippen molar-refractivity contribution in [1.82, 2.24) is 0 Å². The normalized spacial score (nSPS) is 13.9. The molecule has 0 fully saturated rings. The largest absolute Gasteiger partial charge is 0.459 e. The predicted octanol–water partition coefficient (Wildman–Crippen LogP) is 2.18. The lowest BCUT2D eigenvalue weighted by molar-refractivity contribution is -0.160. The van der Waals surface area contributed by atoms with Crippen molar-refractivity contribution in [2.24, 2.45) is 5.92 Å². The number of ether oxygens (including phenoxy) is 1. The van der Waals surface area contributed by atoms with Gasteiger partial charge in [0, 0.05) is 0 Å². The summed E-state index contributed by atoms with van der Waals surface area (Å²) in [5.41, 5.74) is 0. The zero-order valence-electron chi connectivity index (χ0n) is 7.65. The van der Waals surface area contributed by atoms with Gasteiger partial charge in [0.25, 0.3) is 0 Å². The summed E-state index contributed by atoms with van der Waals surface area (Å²) >= 11 is 0. The van der Waals surface area contributed by atoms with E-state index in [0.717, 1.165) is 0 Å². The first-order valence-electron chi connectivity index (χ1n) is 4.03. The number of carbonyl (C=O) groups excluding carboxylic acids is 1. The van der Waals surface area contributed by atoms with Gasteiger partial charge in [0.2, 0.25) is 0 Å². The Morgan fingerprint density at radius 2 is 2.08 bits per heavy atom. The first-order valence-corrected chi connectivity index (χ1v) is 4.03. The Morgan fingerprint density at radius 1 is 1.54 bits per heavy atom. The second-order valence-electron chi connectivity index (χ2n) is 2.91. The Labute approximate surface area is 75.1 Å². The van der Waals surface area contributed by atoms with Gasteiger partial charge < -0.3 is 4.74 Å². The highest BCUT2D eigenvalue weighted by molar-refractivity contribution is 5.71. The van der Waals surface area contributed by atoms with Crippen LogP contribution < -0.4 is 0 Å². The van der Waals surface area contributed by atoms with Crippen LogP contribution in [0.4, 0.5) is 13.2 Å². The lowest BCUT2D eigenvalue weighted by Gasteiger charge is -2.14. The van der Waals surface area contributed by atoms with Crippen molar-refractivity contribution in [1.29, 1.82) is 0 Å². The molecule has 0 spiro atoms. The molecular weight excluding hydrogens is 185 g/mol. The van der Waals surface area contributed by atoms with Crippen LogP contribution in [0.1, 0.15) is 20.3 Å². The maximum atomic E-state index is 12.2. The molecule has 0 aliphatic carbocycles. The van der Waals surface area contributed by atoms with Gasteiger partial charge in [0.15, 0.2) is 13.3 Å². The highest BCUT2D eigenvalue weighted by Gasteiger charge is 2.31. The van der Waals surface area contributed by atoms with Crippen molar-refractivity contribution in [3.63, 3.8) is 0 Å². The summed E-state index contributed by atoms with van der Waals surface area (Å²) < 4.78 is 40.2. The average Bonchev–Trinajstić information content (AvgIpc) is 2.13. The van der Waals surface area contributed by atoms with Gasteiger partial charge in [-0.3, -0.25) is 4.79 Å². The van der Waals surface area contributed by atoms with E-state index >= 15 is 0 Å². The van der Waals surface area contributed by atoms with E-state index in [1.807, 2.05) is 0 Å². The number of esters is 1. The molecular formula is C8H13F3O2. The minimum Gasteiger partial charge on any atom is -0.459 e. The number of hydrogen-bond acceptors (Lipinski definition) is 2. The van der Waals surface area contributed by atoms with E-state index in [0.29, 0.717) is 6.42 Å². The van der Waals surface area contributed by atoms with Crippen molar-refractivity contribution < 1.29 is 22.7 Å². The Kier molecular flexibility index (Phi) is 4.80. The van der Waals surface area contributed by atoms with E-state index in [2.05, 4.69) is 4.74 Å². The molecule has 0 N–H and O–H groups in total. The van der Waals surface area contributed by atoms with Gasteiger partial charge >= 0.3 is 11.9 Å². The van der Waals surface area contributed by atoms with Crippen LogP contribution in [0.15, 0.2) is 0 Å². The van der Waals surface area contributed by atoms with Gasteiger partial charge in [0.1, 0.15) is 0 Å². The Morgan fingerprint density at radius 3 is 2.46 bits per heavy atom. The van der Waals surface area contributed by atoms with E-state index in [1.165, 1.54) is 0 Å². The highest BCUT2D eigenvalue weighted by atomic mass is 19.3. The first kappa shape index (κ1) is 12.3. The molecule has 5 heteroatoms. The molecule has 0 saturated heterocycles. The summed E-state index contributed by atoms with van der Waals surface area (Å²) in [6.45, 7) is 0.322. The third kappa shape index (κ3) is 4.75. The maximum absolute atomic E-state index is 12.2. The third-order valence-electron chi connectivity index (χ3n) is 1.64. The second-order valence-corrected chi connectivity index (χ2v) is 2.91. The van der Waals surface area contributed by atoms with Gasteiger partial charge in [-0.1, -0.05) is 13.8 Å². The Bertz CT molecular complexity index is 171. The minimum absolute atomic E-state index is 0.421. The molecule has 0 bridgehead atoms. The molecule has 0 saturated carbocycles. The molecule has 13 heavy (non-hydrogen) atoms. The fraction of sp³-hybridized carbons (Fsp3) is 0.875. The average molecular weight is 198 g/mol. The highest BCUT2D eigenvalue weighted by Crippen LogP contribution is 2.15. The van der Waals surface area contributed by atoms with Gasteiger partial charge in [-0.05, 0) is 6.42 Å². The number of hydrogen-bond donors (Lipinski definition) is 0. The van der Waals surface area contributed by atoms with Crippen molar-refractivity contribution >= 4 is 5.97 Å². The van der Waals surface area contributed by atoms with Gasteiger partial charge in [0.05, 0.1) is 5.92 Å². The monoisotopic (exact) mass is 198 g/mol. The fourth-order valence-electron chi connectivity index (χ4n) is 0.524. The summed E-state index contributed by atoms with van der Waals surface area (Å²) in [4.78, 5) is 10.9. The van der Waals surface area contributed by atoms with Crippen LogP contribution in [0.3, 0.4) is 0 Å². The van der Waals surface area contributed by atoms with Crippen LogP contribution in [0.2, 0.25) is 0 Å². The summed E-state index contributed by atoms with van der Waals surface area (Å²) in [7, 11) is 0. The molecule has 0 aromatic rings. The van der Waals surface area contributed by atoms with Crippen molar-refractivity contribution in [3.8, 4) is 0 Å². The van der Waals surface area contributed by atoms with E-state index in [-0.39, 0.29) is 0 Å². The molecule has 1 atom stereocenters. The van der Waals surface area contributed by atoms with Crippen molar-refractivity contribution in [3.05, 3.63) is 0 Å². The maximum Gasteiger partial charge on any atom is 0.309 e. The van der Waals surface area contributed by atoms with Gasteiger partial charge in [-0.15, -0.1) is 0 Å². The molecule has 0 rings (SSSR count). The molecule has 0 aliphatic rings. The second kappa shape index (κ2) is 5.09. The Hall–Kier alpha value is -0.740. The molecule has 78 valence electrons. The lowest BCUT2D eigenvalue weighted by Crippen LogP contribution is -2.29. The summed E-state index contributed by atoms with van der Waals surface area (Å²) in [6, 6.07) is 0. The summed E-state index contributed by atoms with van der Waals surface area (Å²) in [5.74, 6) is -4.69. The van der Waals surface area contributed by atoms with Crippen molar-refractivity contribution in [2.45, 2.75) is 26.2 Å². The Balaban J connectivity index is 3.83. The quantitative estimate of drug-likeness (QED) is 0.633. The molecule has 0 amide bonds. The van der Waals surface area contributed by atoms with Crippen molar-refractivity contribution in [2.75, 3.05) is 13.3 Å². The van der Waals surface area contributed by atoms with E-state index in [1.54, 1.807) is 13.8 Å². The predicted molar refractivity (Wildman–Crippen MR) is 41.3 cm³/mol.